The van der Waals surface area contributed by atoms with E-state index in [0.717, 1.165) is 10.8 Å². The fourth-order valence-electron chi connectivity index (χ4n) is 3.00. The van der Waals surface area contributed by atoms with E-state index in [1.807, 2.05) is 36.4 Å². The van der Waals surface area contributed by atoms with Crippen LogP contribution in [-0.2, 0) is 14.3 Å². The Kier molecular flexibility index (Phi) is 5.03. The summed E-state index contributed by atoms with van der Waals surface area (Å²) in [4.78, 5) is 38.0. The highest BCUT2D eigenvalue weighted by Crippen LogP contribution is 2.36. The van der Waals surface area contributed by atoms with Crippen molar-refractivity contribution in [2.24, 2.45) is 0 Å². The lowest BCUT2D eigenvalue weighted by Crippen LogP contribution is -2.40. The van der Waals surface area contributed by atoms with Crippen LogP contribution in [0.3, 0.4) is 0 Å². The number of carbonyl (C=O) groups excluding carboxylic acids is 3. The first-order valence-corrected chi connectivity index (χ1v) is 8.83. The molecule has 142 valence electrons. The summed E-state index contributed by atoms with van der Waals surface area (Å²) in [6.45, 7) is 5.79. The minimum Gasteiger partial charge on any atom is -0.444 e. The van der Waals surface area contributed by atoms with Crippen LogP contribution in [0.2, 0.25) is 0 Å². The van der Waals surface area contributed by atoms with Crippen LogP contribution in [0, 0.1) is 0 Å². The molecule has 2 aromatic carbocycles. The van der Waals surface area contributed by atoms with Gasteiger partial charge in [0.2, 0.25) is 11.8 Å². The summed E-state index contributed by atoms with van der Waals surface area (Å²) in [7, 11) is 0. The van der Waals surface area contributed by atoms with E-state index in [1.54, 1.807) is 20.8 Å². The molecule has 1 aliphatic heterocycles. The van der Waals surface area contributed by atoms with Gasteiger partial charge < -0.3 is 20.3 Å². The van der Waals surface area contributed by atoms with Crippen LogP contribution >= 0.6 is 0 Å². The predicted molar refractivity (Wildman–Crippen MR) is 104 cm³/mol. The molecule has 3 amide bonds. The van der Waals surface area contributed by atoms with Gasteiger partial charge in [-0.1, -0.05) is 30.3 Å². The summed E-state index contributed by atoms with van der Waals surface area (Å²) < 4.78 is 5.20. The molecule has 0 atom stereocenters. The Labute approximate surface area is 157 Å². The van der Waals surface area contributed by atoms with Gasteiger partial charge in [0, 0.05) is 18.5 Å². The molecule has 7 heteroatoms. The Morgan fingerprint density at radius 1 is 1.19 bits per heavy atom. The van der Waals surface area contributed by atoms with Crippen LogP contribution < -0.4 is 15.5 Å². The van der Waals surface area contributed by atoms with Crippen molar-refractivity contribution in [1.29, 1.82) is 0 Å². The molecule has 0 saturated heterocycles. The summed E-state index contributed by atoms with van der Waals surface area (Å²) in [6.07, 6.45) is -0.784. The van der Waals surface area contributed by atoms with Crippen LogP contribution in [0.5, 0.6) is 0 Å². The second-order valence-electron chi connectivity index (χ2n) is 7.38. The average Bonchev–Trinajstić information content (AvgIpc) is 2.69. The number of fused-ring (bicyclic) bond motifs is 3. The van der Waals surface area contributed by atoms with Crippen molar-refractivity contribution < 1.29 is 19.1 Å². The summed E-state index contributed by atoms with van der Waals surface area (Å²) in [5, 5.41) is 7.32. The molecule has 0 aliphatic carbocycles. The average molecular weight is 369 g/mol. The van der Waals surface area contributed by atoms with E-state index in [1.165, 1.54) is 4.90 Å². The molecule has 0 unspecified atom stereocenters. The maximum Gasteiger partial charge on any atom is 0.407 e. The number of carbonyl (C=O) groups is 3. The second kappa shape index (κ2) is 7.26. The van der Waals surface area contributed by atoms with Crippen molar-refractivity contribution in [2.75, 3.05) is 23.3 Å². The topological polar surface area (TPSA) is 87.7 Å². The largest absolute Gasteiger partial charge is 0.444 e. The first-order chi connectivity index (χ1) is 12.7. The van der Waals surface area contributed by atoms with Crippen molar-refractivity contribution in [3.8, 4) is 0 Å². The van der Waals surface area contributed by atoms with Gasteiger partial charge in [-0.25, -0.2) is 4.79 Å². The third kappa shape index (κ3) is 4.36. The van der Waals surface area contributed by atoms with Crippen molar-refractivity contribution >= 4 is 40.1 Å². The molecule has 0 fully saturated rings. The van der Waals surface area contributed by atoms with E-state index in [4.69, 9.17) is 4.74 Å². The lowest BCUT2D eigenvalue weighted by atomic mass is 10.1. The number of amides is 3. The molecule has 0 saturated carbocycles. The van der Waals surface area contributed by atoms with Gasteiger partial charge in [-0.3, -0.25) is 9.59 Å². The Morgan fingerprint density at radius 2 is 1.93 bits per heavy atom. The zero-order chi connectivity index (χ0) is 19.6. The quantitative estimate of drug-likeness (QED) is 0.814. The minimum absolute atomic E-state index is 0.209. The fourth-order valence-corrected chi connectivity index (χ4v) is 3.00. The third-order valence-corrected chi connectivity index (χ3v) is 4.08. The molecule has 3 rings (SSSR count). The van der Waals surface area contributed by atoms with Crippen molar-refractivity contribution in [3.63, 3.8) is 0 Å². The smallest absolute Gasteiger partial charge is 0.407 e. The number of rotatable bonds is 3. The normalized spacial score (nSPS) is 14.4. The molecular weight excluding hydrogens is 346 g/mol. The number of alkyl carbamates (subject to hydrolysis) is 1. The molecule has 0 bridgehead atoms. The van der Waals surface area contributed by atoms with Gasteiger partial charge in [0.15, 0.2) is 0 Å². The van der Waals surface area contributed by atoms with E-state index in [9.17, 15) is 14.4 Å². The molecule has 0 aromatic heterocycles. The first-order valence-electron chi connectivity index (χ1n) is 8.83. The van der Waals surface area contributed by atoms with Crippen molar-refractivity contribution in [3.05, 3.63) is 36.4 Å². The molecule has 7 nitrogen and oxygen atoms in total. The van der Waals surface area contributed by atoms with Crippen molar-refractivity contribution in [1.82, 2.24) is 5.32 Å². The lowest BCUT2D eigenvalue weighted by molar-refractivity contribution is -0.124. The Bertz CT molecular complexity index is 902. The lowest BCUT2D eigenvalue weighted by Gasteiger charge is -2.24. The third-order valence-electron chi connectivity index (χ3n) is 4.08. The second-order valence-corrected chi connectivity index (χ2v) is 7.38. The maximum absolute atomic E-state index is 12.5. The van der Waals surface area contributed by atoms with E-state index in [-0.39, 0.29) is 31.3 Å². The number of hydrogen-bond acceptors (Lipinski definition) is 4. The van der Waals surface area contributed by atoms with E-state index in [2.05, 4.69) is 10.6 Å². The zero-order valence-electron chi connectivity index (χ0n) is 15.7. The fraction of sp³-hybridized carbons (Fsp3) is 0.350. The van der Waals surface area contributed by atoms with Gasteiger partial charge in [-0.2, -0.15) is 0 Å². The van der Waals surface area contributed by atoms with Crippen molar-refractivity contribution in [2.45, 2.75) is 32.8 Å². The minimum atomic E-state index is -0.593. The Morgan fingerprint density at radius 3 is 2.67 bits per heavy atom. The summed E-state index contributed by atoms with van der Waals surface area (Å²) >= 11 is 0. The standard InChI is InChI=1S/C20H23N3O4/c1-20(2,3)27-19(26)21-10-11-23-15-9-8-13-6-4-5-7-14(13)18(15)22-16(24)12-17(23)25/h4-9H,10-12H2,1-3H3,(H,21,26)(H,22,24). The summed E-state index contributed by atoms with van der Waals surface area (Å²) in [5.74, 6) is -0.660. The number of benzene rings is 2. The maximum atomic E-state index is 12.5. The van der Waals surface area contributed by atoms with Crippen LogP contribution in [0.25, 0.3) is 10.8 Å². The van der Waals surface area contributed by atoms with Crippen LogP contribution in [0.4, 0.5) is 16.2 Å². The monoisotopic (exact) mass is 369 g/mol. The highest BCUT2D eigenvalue weighted by atomic mass is 16.6. The highest BCUT2D eigenvalue weighted by molar-refractivity contribution is 6.18. The first kappa shape index (κ1) is 18.7. The SMILES string of the molecule is CC(C)(C)OC(=O)NCCN1C(=O)CC(=O)Nc2c1ccc1ccccc21. The molecule has 0 spiro atoms. The zero-order valence-corrected chi connectivity index (χ0v) is 15.7. The predicted octanol–water partition coefficient (Wildman–Crippen LogP) is 3.04. The highest BCUT2D eigenvalue weighted by Gasteiger charge is 2.27. The number of ether oxygens (including phenoxy) is 1. The van der Waals surface area contributed by atoms with E-state index in [0.29, 0.717) is 11.4 Å². The molecule has 27 heavy (non-hydrogen) atoms. The van der Waals surface area contributed by atoms with E-state index >= 15 is 0 Å². The molecule has 2 aromatic rings. The van der Waals surface area contributed by atoms with Gasteiger partial charge in [-0.15, -0.1) is 0 Å². The number of anilines is 2. The molecule has 0 radical (unpaired) electrons. The van der Waals surface area contributed by atoms with Crippen LogP contribution in [0.1, 0.15) is 27.2 Å². The number of nitrogens with one attached hydrogen (secondary N) is 2. The summed E-state index contributed by atoms with van der Waals surface area (Å²) in [6, 6.07) is 11.4. The van der Waals surface area contributed by atoms with Gasteiger partial charge in [0.1, 0.15) is 12.0 Å². The Hall–Kier alpha value is -3.09. The van der Waals surface area contributed by atoms with Gasteiger partial charge in [0.05, 0.1) is 11.4 Å². The van der Waals surface area contributed by atoms with Crippen LogP contribution in [0.15, 0.2) is 36.4 Å². The summed E-state index contributed by atoms with van der Waals surface area (Å²) in [5.41, 5.74) is 0.640. The number of hydrogen-bond donors (Lipinski definition) is 2. The number of nitrogens with zero attached hydrogens (tertiary/aromatic N) is 1. The Balaban J connectivity index is 1.83. The van der Waals surface area contributed by atoms with Gasteiger partial charge in [0.25, 0.3) is 0 Å². The van der Waals surface area contributed by atoms with E-state index < -0.39 is 11.7 Å². The molecular formula is C20H23N3O4. The molecule has 2 N–H and O–H groups in total. The van der Waals surface area contributed by atoms with Gasteiger partial charge >= 0.3 is 6.09 Å². The molecule has 1 heterocycles. The molecule has 1 aliphatic rings. The van der Waals surface area contributed by atoms with Gasteiger partial charge in [-0.05, 0) is 32.2 Å². The van der Waals surface area contributed by atoms with Crippen LogP contribution in [-0.4, -0.2) is 36.6 Å².